The summed E-state index contributed by atoms with van der Waals surface area (Å²) >= 11 is 4.77. The van der Waals surface area contributed by atoms with E-state index in [1.54, 1.807) is 27.7 Å². The Hall–Kier alpha value is -2.14. The summed E-state index contributed by atoms with van der Waals surface area (Å²) in [7, 11) is 2.85. The first kappa shape index (κ1) is 29.9. The Labute approximate surface area is 208 Å². The fourth-order valence-electron chi connectivity index (χ4n) is 4.64. The summed E-state index contributed by atoms with van der Waals surface area (Å²) in [5, 5.41) is 3.43. The molecular weight excluding hydrogens is 458 g/mol. The standard InChI is InChI=1S/C23H41N5O5S/c1-10-11-15(29)25-19(32)23(21(4,5)6,27(8)16(30)14(24)12-13(2)3)17(34)22(7)18(31)26-20(33)28(22)9/h13-14,17,34H,10-12,24H2,1-9H3,(H,25,29,32)(H,26,31,33)/t14-,17-,22?,23-/m0/s1. The fraction of sp³-hybridized carbons (Fsp3) is 0.783. The normalized spacial score (nSPS) is 22.2. The Kier molecular flexibility index (Phi) is 9.35. The van der Waals surface area contributed by atoms with Crippen LogP contribution in [0.2, 0.25) is 0 Å². The SMILES string of the molecule is CCCC(=O)NC(=O)[C@]([C@@H](S)C1(C)C(=O)NC(=O)N1C)(N(C)C(=O)[C@@H](N)CC(C)C)C(C)(C)C. The fourth-order valence-corrected chi connectivity index (χ4v) is 5.61. The first-order chi connectivity index (χ1) is 15.4. The van der Waals surface area contributed by atoms with E-state index in [4.69, 9.17) is 18.4 Å². The van der Waals surface area contributed by atoms with Crippen molar-refractivity contribution in [1.29, 1.82) is 0 Å². The quantitative estimate of drug-likeness (QED) is 0.278. The minimum absolute atomic E-state index is 0.101. The second kappa shape index (κ2) is 10.6. The van der Waals surface area contributed by atoms with Gasteiger partial charge in [-0.15, -0.1) is 0 Å². The van der Waals surface area contributed by atoms with Gasteiger partial charge in [0.15, 0.2) is 0 Å². The molecule has 11 heteroatoms. The number of nitrogens with zero attached hydrogens (tertiary/aromatic N) is 2. The number of carbonyl (C=O) groups is 5. The topological polar surface area (TPSA) is 142 Å². The van der Waals surface area contributed by atoms with Gasteiger partial charge in [0, 0.05) is 20.5 Å². The molecule has 4 N–H and O–H groups in total. The number of rotatable bonds is 9. The highest BCUT2D eigenvalue weighted by Crippen LogP contribution is 2.47. The van der Waals surface area contributed by atoms with Gasteiger partial charge < -0.3 is 15.5 Å². The third-order valence-electron chi connectivity index (χ3n) is 6.73. The Balaban J connectivity index is 3.84. The van der Waals surface area contributed by atoms with Crippen LogP contribution >= 0.6 is 12.6 Å². The van der Waals surface area contributed by atoms with Gasteiger partial charge in [0.2, 0.25) is 11.8 Å². The van der Waals surface area contributed by atoms with Crippen molar-refractivity contribution in [3.8, 4) is 0 Å². The van der Waals surface area contributed by atoms with Crippen LogP contribution in [0.3, 0.4) is 0 Å². The average Bonchev–Trinajstić information content (AvgIpc) is 2.89. The molecule has 1 aliphatic heterocycles. The van der Waals surface area contributed by atoms with E-state index in [1.165, 1.54) is 30.8 Å². The molecule has 1 rings (SSSR count). The van der Waals surface area contributed by atoms with Crippen molar-refractivity contribution in [3.63, 3.8) is 0 Å². The van der Waals surface area contributed by atoms with Gasteiger partial charge in [-0.1, -0.05) is 41.5 Å². The molecule has 194 valence electrons. The highest BCUT2D eigenvalue weighted by atomic mass is 32.1. The number of imide groups is 2. The number of thiol groups is 1. The second-order valence-corrected chi connectivity index (χ2v) is 11.2. The maximum atomic E-state index is 14.0. The summed E-state index contributed by atoms with van der Waals surface area (Å²) in [4.78, 5) is 67.7. The molecule has 1 aliphatic rings. The van der Waals surface area contributed by atoms with Crippen molar-refractivity contribution >= 4 is 42.3 Å². The maximum Gasteiger partial charge on any atom is 0.324 e. The second-order valence-electron chi connectivity index (χ2n) is 10.6. The van der Waals surface area contributed by atoms with Gasteiger partial charge >= 0.3 is 6.03 Å². The molecule has 10 nitrogen and oxygen atoms in total. The zero-order valence-corrected chi connectivity index (χ0v) is 22.7. The maximum absolute atomic E-state index is 14.0. The number of urea groups is 1. The smallest absolute Gasteiger partial charge is 0.324 e. The number of hydrogen-bond acceptors (Lipinski definition) is 7. The molecule has 0 aromatic rings. The molecule has 1 heterocycles. The number of carbonyl (C=O) groups excluding carboxylic acids is 5. The molecular formula is C23H41N5O5S. The van der Waals surface area contributed by atoms with Crippen molar-refractivity contribution in [2.24, 2.45) is 17.1 Å². The molecule has 0 aromatic carbocycles. The number of amides is 6. The predicted molar refractivity (Wildman–Crippen MR) is 133 cm³/mol. The highest BCUT2D eigenvalue weighted by Gasteiger charge is 2.67. The molecule has 0 aliphatic carbocycles. The highest BCUT2D eigenvalue weighted by molar-refractivity contribution is 7.81. The number of nitrogens with two attached hydrogens (primary N) is 1. The zero-order chi connectivity index (χ0) is 26.8. The van der Waals surface area contributed by atoms with Gasteiger partial charge in [-0.25, -0.2) is 4.79 Å². The molecule has 1 saturated heterocycles. The number of likely N-dealkylation sites (N-methyl/N-ethyl adjacent to an activating group) is 2. The van der Waals surface area contributed by atoms with Crippen molar-refractivity contribution < 1.29 is 24.0 Å². The van der Waals surface area contributed by atoms with Gasteiger partial charge in [0.25, 0.3) is 11.8 Å². The van der Waals surface area contributed by atoms with Gasteiger partial charge in [-0.05, 0) is 31.1 Å². The van der Waals surface area contributed by atoms with Crippen LogP contribution < -0.4 is 16.4 Å². The Morgan fingerprint density at radius 1 is 1.24 bits per heavy atom. The molecule has 0 bridgehead atoms. The van der Waals surface area contributed by atoms with Crippen LogP contribution in [0.15, 0.2) is 0 Å². The van der Waals surface area contributed by atoms with Gasteiger partial charge in [0.1, 0.15) is 11.1 Å². The lowest BCUT2D eigenvalue weighted by Crippen LogP contribution is -2.77. The third-order valence-corrected chi connectivity index (χ3v) is 7.61. The third kappa shape index (κ3) is 5.10. The molecule has 34 heavy (non-hydrogen) atoms. The summed E-state index contributed by atoms with van der Waals surface area (Å²) in [5.41, 5.74) is 1.70. The van der Waals surface area contributed by atoms with Crippen LogP contribution in [0.25, 0.3) is 0 Å². The number of nitrogens with one attached hydrogen (secondary N) is 2. The molecule has 1 fully saturated rings. The van der Waals surface area contributed by atoms with E-state index in [2.05, 4.69) is 10.6 Å². The predicted octanol–water partition coefficient (Wildman–Crippen LogP) is 1.28. The van der Waals surface area contributed by atoms with E-state index in [9.17, 15) is 24.0 Å². The molecule has 4 atom stereocenters. The first-order valence-electron chi connectivity index (χ1n) is 11.5. The van der Waals surface area contributed by atoms with Crippen molar-refractivity contribution in [2.75, 3.05) is 14.1 Å². The van der Waals surface area contributed by atoms with Crippen molar-refractivity contribution in [3.05, 3.63) is 0 Å². The summed E-state index contributed by atoms with van der Waals surface area (Å²) in [6.07, 6.45) is 0.981. The van der Waals surface area contributed by atoms with Crippen molar-refractivity contribution in [1.82, 2.24) is 20.4 Å². The minimum Gasteiger partial charge on any atom is -0.328 e. The van der Waals surface area contributed by atoms with Gasteiger partial charge in [-0.2, -0.15) is 12.6 Å². The van der Waals surface area contributed by atoms with E-state index in [1.807, 2.05) is 13.8 Å². The lowest BCUT2D eigenvalue weighted by atomic mass is 9.64. The van der Waals surface area contributed by atoms with Gasteiger partial charge in [-0.3, -0.25) is 29.8 Å². The Morgan fingerprint density at radius 2 is 1.76 bits per heavy atom. The molecule has 1 unspecified atom stereocenters. The largest absolute Gasteiger partial charge is 0.328 e. The lowest BCUT2D eigenvalue weighted by Gasteiger charge is -2.56. The van der Waals surface area contributed by atoms with Crippen LogP contribution in [0.5, 0.6) is 0 Å². The number of hydrogen-bond donors (Lipinski definition) is 4. The van der Waals surface area contributed by atoms with Crippen LogP contribution in [-0.4, -0.2) is 75.9 Å². The summed E-state index contributed by atoms with van der Waals surface area (Å²) < 4.78 is 0. The van der Waals surface area contributed by atoms with Crippen LogP contribution in [0.1, 0.15) is 67.7 Å². The molecule has 6 amide bonds. The van der Waals surface area contributed by atoms with E-state index < -0.39 is 57.4 Å². The van der Waals surface area contributed by atoms with E-state index >= 15 is 0 Å². The Bertz CT molecular complexity index is 842. The lowest BCUT2D eigenvalue weighted by molar-refractivity contribution is -0.159. The summed E-state index contributed by atoms with van der Waals surface area (Å²) in [6, 6.07) is -1.57. The minimum atomic E-state index is -1.85. The average molecular weight is 500 g/mol. The molecule has 0 aromatic heterocycles. The zero-order valence-electron chi connectivity index (χ0n) is 21.8. The first-order valence-corrected chi connectivity index (χ1v) is 12.1. The monoisotopic (exact) mass is 499 g/mol. The Morgan fingerprint density at radius 3 is 2.15 bits per heavy atom. The summed E-state index contributed by atoms with van der Waals surface area (Å²) in [5.74, 6) is -2.37. The summed E-state index contributed by atoms with van der Waals surface area (Å²) in [6.45, 7) is 12.3. The van der Waals surface area contributed by atoms with E-state index in [0.717, 1.165) is 0 Å². The van der Waals surface area contributed by atoms with Crippen molar-refractivity contribution in [2.45, 2.75) is 90.1 Å². The molecule has 0 saturated carbocycles. The molecule has 0 spiro atoms. The van der Waals surface area contributed by atoms with Gasteiger partial charge in [0.05, 0.1) is 11.3 Å². The van der Waals surface area contributed by atoms with Crippen LogP contribution in [0, 0.1) is 11.3 Å². The van der Waals surface area contributed by atoms with Crippen LogP contribution in [0.4, 0.5) is 4.79 Å². The molecule has 0 radical (unpaired) electrons. The van der Waals surface area contributed by atoms with E-state index in [-0.39, 0.29) is 12.3 Å². The van der Waals surface area contributed by atoms with Crippen LogP contribution in [-0.2, 0) is 19.2 Å². The van der Waals surface area contributed by atoms with E-state index in [0.29, 0.717) is 12.8 Å².